The number of carbonyl (C=O) groups is 1. The number of amides is 1. The van der Waals surface area contributed by atoms with Gasteiger partial charge >= 0.3 is 0 Å². The van der Waals surface area contributed by atoms with Crippen LogP contribution in [0.4, 0.5) is 10.8 Å². The van der Waals surface area contributed by atoms with E-state index in [0.29, 0.717) is 13.2 Å². The van der Waals surface area contributed by atoms with Crippen molar-refractivity contribution in [2.45, 2.75) is 32.4 Å². The first-order chi connectivity index (χ1) is 17.3. The second-order valence-corrected chi connectivity index (χ2v) is 11.7. The third-order valence-corrected chi connectivity index (χ3v) is 8.39. The van der Waals surface area contributed by atoms with Gasteiger partial charge < -0.3 is 19.9 Å². The number of hydrogen-bond donors (Lipinski definition) is 1. The SMILES string of the molecule is CN1CCN(Cc2cccc(-c3ccc4c(c3)N(c3nc5c(s3)C(=O)NC(C)(C)C5)CCO4)c2)CC1. The smallest absolute Gasteiger partial charge is 0.263 e. The molecular weight excluding hydrogens is 470 g/mol. The number of fused-ring (bicyclic) bond motifs is 2. The van der Waals surface area contributed by atoms with E-state index in [0.717, 1.165) is 71.8 Å². The maximum absolute atomic E-state index is 12.7. The van der Waals surface area contributed by atoms with Crippen molar-refractivity contribution in [3.63, 3.8) is 0 Å². The number of nitrogens with zero attached hydrogens (tertiary/aromatic N) is 4. The van der Waals surface area contributed by atoms with Gasteiger partial charge in [-0.25, -0.2) is 4.98 Å². The monoisotopic (exact) mass is 503 g/mol. The maximum Gasteiger partial charge on any atom is 0.263 e. The van der Waals surface area contributed by atoms with Crippen LogP contribution in [0.15, 0.2) is 42.5 Å². The molecule has 0 aliphatic carbocycles. The molecule has 0 saturated carbocycles. The van der Waals surface area contributed by atoms with Crippen molar-refractivity contribution in [1.82, 2.24) is 20.1 Å². The molecule has 0 atom stereocenters. The summed E-state index contributed by atoms with van der Waals surface area (Å²) in [5.74, 6) is 0.834. The van der Waals surface area contributed by atoms with Crippen molar-refractivity contribution in [2.75, 3.05) is 51.3 Å². The largest absolute Gasteiger partial charge is 0.490 e. The first-order valence-corrected chi connectivity index (χ1v) is 13.5. The summed E-state index contributed by atoms with van der Waals surface area (Å²) >= 11 is 1.48. The Morgan fingerprint density at radius 1 is 1.06 bits per heavy atom. The Balaban J connectivity index is 1.28. The molecule has 0 spiro atoms. The minimum Gasteiger partial charge on any atom is -0.490 e. The summed E-state index contributed by atoms with van der Waals surface area (Å²) < 4.78 is 6.00. The van der Waals surface area contributed by atoms with E-state index in [2.05, 4.69) is 69.5 Å². The van der Waals surface area contributed by atoms with Crippen molar-refractivity contribution in [3.8, 4) is 16.9 Å². The Bertz CT molecular complexity index is 1290. The lowest BCUT2D eigenvalue weighted by atomic mass is 9.94. The van der Waals surface area contributed by atoms with Crippen molar-refractivity contribution < 1.29 is 9.53 Å². The molecule has 0 unspecified atom stereocenters. The van der Waals surface area contributed by atoms with E-state index in [1.165, 1.54) is 22.5 Å². The Labute approximate surface area is 216 Å². The van der Waals surface area contributed by atoms with Crippen LogP contribution in [-0.2, 0) is 13.0 Å². The molecule has 8 heteroatoms. The first kappa shape index (κ1) is 23.5. The van der Waals surface area contributed by atoms with Gasteiger partial charge in [-0.15, -0.1) is 0 Å². The van der Waals surface area contributed by atoms with Crippen LogP contribution in [-0.4, -0.2) is 72.6 Å². The number of thiazole rings is 1. The van der Waals surface area contributed by atoms with Crippen molar-refractivity contribution in [2.24, 2.45) is 0 Å². The Morgan fingerprint density at radius 3 is 2.69 bits per heavy atom. The molecule has 0 bridgehead atoms. The Hall–Kier alpha value is -2.94. The normalized spacial score (nSPS) is 19.9. The molecule has 2 aromatic carbocycles. The number of rotatable bonds is 4. The van der Waals surface area contributed by atoms with Crippen LogP contribution in [0, 0.1) is 0 Å². The molecule has 1 aromatic heterocycles. The Kier molecular flexibility index (Phi) is 5.98. The summed E-state index contributed by atoms with van der Waals surface area (Å²) in [4.78, 5) is 25.5. The van der Waals surface area contributed by atoms with Crippen LogP contribution in [0.1, 0.15) is 34.8 Å². The minimum absolute atomic E-state index is 0.0237. The van der Waals surface area contributed by atoms with E-state index in [1.807, 2.05) is 13.8 Å². The van der Waals surface area contributed by atoms with Crippen LogP contribution in [0.5, 0.6) is 5.75 Å². The van der Waals surface area contributed by atoms with Gasteiger partial charge in [-0.05, 0) is 55.8 Å². The zero-order valence-electron chi connectivity index (χ0n) is 21.2. The van der Waals surface area contributed by atoms with Crippen molar-refractivity contribution >= 4 is 28.1 Å². The molecule has 3 aliphatic rings. The molecule has 3 aromatic rings. The van der Waals surface area contributed by atoms with Gasteiger partial charge in [-0.2, -0.15) is 0 Å². The predicted molar refractivity (Wildman–Crippen MR) is 145 cm³/mol. The predicted octanol–water partition coefficient (Wildman–Crippen LogP) is 4.15. The number of piperazine rings is 1. The summed E-state index contributed by atoms with van der Waals surface area (Å²) in [6.07, 6.45) is 0.738. The quantitative estimate of drug-likeness (QED) is 0.577. The zero-order chi connectivity index (χ0) is 24.9. The van der Waals surface area contributed by atoms with Gasteiger partial charge in [0.05, 0.1) is 17.9 Å². The average molecular weight is 504 g/mol. The topological polar surface area (TPSA) is 60.9 Å². The highest BCUT2D eigenvalue weighted by Gasteiger charge is 2.34. The third kappa shape index (κ3) is 4.61. The Morgan fingerprint density at radius 2 is 1.86 bits per heavy atom. The second kappa shape index (κ2) is 9.18. The number of likely N-dealkylation sites (N-methyl/N-ethyl adjacent to an activating group) is 1. The molecule has 0 radical (unpaired) electrons. The number of hydrogen-bond acceptors (Lipinski definition) is 7. The lowest BCUT2D eigenvalue weighted by Gasteiger charge is -2.32. The lowest BCUT2D eigenvalue weighted by molar-refractivity contribution is 0.0901. The number of anilines is 2. The number of aromatic nitrogens is 1. The number of carbonyl (C=O) groups excluding carboxylic acids is 1. The molecule has 3 aliphatic heterocycles. The molecule has 36 heavy (non-hydrogen) atoms. The van der Waals surface area contributed by atoms with Gasteiger partial charge in [0.15, 0.2) is 5.13 Å². The fourth-order valence-electron chi connectivity index (χ4n) is 5.29. The maximum atomic E-state index is 12.7. The van der Waals surface area contributed by atoms with Gasteiger partial charge in [0.1, 0.15) is 17.2 Å². The van der Waals surface area contributed by atoms with Crippen LogP contribution in [0.3, 0.4) is 0 Å². The first-order valence-electron chi connectivity index (χ1n) is 12.7. The number of benzene rings is 2. The molecular formula is C28H33N5O2S. The molecule has 1 fully saturated rings. The molecule has 6 rings (SSSR count). The van der Waals surface area contributed by atoms with Crippen LogP contribution >= 0.6 is 11.3 Å². The highest BCUT2D eigenvalue weighted by atomic mass is 32.1. The van der Waals surface area contributed by atoms with Crippen LogP contribution in [0.2, 0.25) is 0 Å². The van der Waals surface area contributed by atoms with E-state index in [1.54, 1.807) is 0 Å². The van der Waals surface area contributed by atoms with Gasteiger partial charge in [0.25, 0.3) is 5.91 Å². The molecule has 1 saturated heterocycles. The average Bonchev–Trinajstić information content (AvgIpc) is 3.28. The fraction of sp³-hybridized carbons (Fsp3) is 0.429. The number of ether oxygens (including phenoxy) is 1. The molecule has 1 N–H and O–H groups in total. The molecule has 4 heterocycles. The lowest BCUT2D eigenvalue weighted by Crippen LogP contribution is -2.48. The van der Waals surface area contributed by atoms with Gasteiger partial charge in [0.2, 0.25) is 0 Å². The number of nitrogens with one attached hydrogen (secondary N) is 1. The van der Waals surface area contributed by atoms with Crippen molar-refractivity contribution in [1.29, 1.82) is 0 Å². The van der Waals surface area contributed by atoms with Gasteiger partial charge in [-0.1, -0.05) is 35.6 Å². The summed E-state index contributed by atoms with van der Waals surface area (Å²) in [5, 5.41) is 3.96. The summed E-state index contributed by atoms with van der Waals surface area (Å²) in [6, 6.07) is 15.3. The fourth-order valence-corrected chi connectivity index (χ4v) is 6.31. The van der Waals surface area contributed by atoms with Crippen LogP contribution < -0.4 is 15.0 Å². The van der Waals surface area contributed by atoms with E-state index < -0.39 is 0 Å². The van der Waals surface area contributed by atoms with E-state index >= 15 is 0 Å². The van der Waals surface area contributed by atoms with E-state index in [-0.39, 0.29) is 11.4 Å². The molecule has 7 nitrogen and oxygen atoms in total. The van der Waals surface area contributed by atoms with Crippen LogP contribution in [0.25, 0.3) is 11.1 Å². The summed E-state index contributed by atoms with van der Waals surface area (Å²) in [6.45, 7) is 10.8. The van der Waals surface area contributed by atoms with Gasteiger partial charge in [-0.3, -0.25) is 9.69 Å². The van der Waals surface area contributed by atoms with E-state index in [9.17, 15) is 4.79 Å². The van der Waals surface area contributed by atoms with Crippen molar-refractivity contribution in [3.05, 3.63) is 58.6 Å². The standard InChI is InChI=1S/C28H33N5O2S/c1-28(2)17-22-25(26(34)30-28)36-27(29-22)33-13-14-35-24-8-7-21(16-23(24)33)20-6-4-5-19(15-20)18-32-11-9-31(3)10-12-32/h4-8,15-16H,9-14,17-18H2,1-3H3,(H,30,34). The summed E-state index contributed by atoms with van der Waals surface area (Å²) in [5.41, 5.74) is 5.32. The highest BCUT2D eigenvalue weighted by molar-refractivity contribution is 7.17. The molecule has 188 valence electrons. The van der Waals surface area contributed by atoms with E-state index in [4.69, 9.17) is 9.72 Å². The zero-order valence-corrected chi connectivity index (χ0v) is 22.0. The molecule has 1 amide bonds. The third-order valence-electron chi connectivity index (χ3n) is 7.27. The highest BCUT2D eigenvalue weighted by Crippen LogP contribution is 2.42. The van der Waals surface area contributed by atoms with Gasteiger partial charge in [0, 0.05) is 44.7 Å². The summed E-state index contributed by atoms with van der Waals surface area (Å²) in [7, 11) is 2.19. The second-order valence-electron chi connectivity index (χ2n) is 10.7. The minimum atomic E-state index is -0.277.